The van der Waals surface area contributed by atoms with E-state index in [0.29, 0.717) is 16.9 Å². The molecule has 6 heteroatoms. The van der Waals surface area contributed by atoms with Crippen LogP contribution in [0.15, 0.2) is 54.7 Å². The molecule has 4 aromatic rings. The van der Waals surface area contributed by atoms with Crippen molar-refractivity contribution in [2.75, 3.05) is 0 Å². The Morgan fingerprint density at radius 2 is 1.78 bits per heavy atom. The maximum Gasteiger partial charge on any atom is 0.416 e. The first kappa shape index (κ1) is 13.8. The van der Waals surface area contributed by atoms with Gasteiger partial charge < -0.3 is 4.98 Å². The fourth-order valence-electron chi connectivity index (χ4n) is 2.54. The molecule has 23 heavy (non-hydrogen) atoms. The Bertz CT molecular complexity index is 1020. The Labute approximate surface area is 128 Å². The van der Waals surface area contributed by atoms with Gasteiger partial charge in [-0.25, -0.2) is 4.98 Å². The zero-order valence-corrected chi connectivity index (χ0v) is 11.7. The first-order chi connectivity index (χ1) is 11.0. The van der Waals surface area contributed by atoms with Crippen molar-refractivity contribution in [1.82, 2.24) is 15.0 Å². The molecule has 2 aromatic carbocycles. The van der Waals surface area contributed by atoms with E-state index in [2.05, 4.69) is 15.0 Å². The fraction of sp³-hybridized carbons (Fsp3) is 0.0588. The Morgan fingerprint density at radius 3 is 2.61 bits per heavy atom. The van der Waals surface area contributed by atoms with Crippen molar-refractivity contribution in [2.45, 2.75) is 6.18 Å². The number of benzene rings is 2. The van der Waals surface area contributed by atoms with Gasteiger partial charge in [-0.3, -0.25) is 4.98 Å². The van der Waals surface area contributed by atoms with Crippen LogP contribution in [-0.4, -0.2) is 15.0 Å². The number of pyridine rings is 1. The van der Waals surface area contributed by atoms with Crippen molar-refractivity contribution in [1.29, 1.82) is 0 Å². The normalized spacial score (nSPS) is 12.1. The Balaban J connectivity index is 1.84. The first-order valence-corrected chi connectivity index (χ1v) is 6.93. The number of H-pyrrole nitrogens is 1. The highest BCUT2D eigenvalue weighted by Gasteiger charge is 2.30. The van der Waals surface area contributed by atoms with E-state index in [-0.39, 0.29) is 0 Å². The predicted molar refractivity (Wildman–Crippen MR) is 81.8 cm³/mol. The summed E-state index contributed by atoms with van der Waals surface area (Å²) < 4.78 is 38.3. The number of rotatable bonds is 1. The van der Waals surface area contributed by atoms with Crippen LogP contribution in [-0.2, 0) is 6.18 Å². The molecule has 0 saturated carbocycles. The average molecular weight is 313 g/mol. The minimum atomic E-state index is -4.37. The summed E-state index contributed by atoms with van der Waals surface area (Å²) in [7, 11) is 0. The molecule has 114 valence electrons. The smallest absolute Gasteiger partial charge is 0.338 e. The third-order valence-electron chi connectivity index (χ3n) is 3.69. The zero-order valence-electron chi connectivity index (χ0n) is 11.7. The lowest BCUT2D eigenvalue weighted by molar-refractivity contribution is -0.137. The molecule has 0 atom stereocenters. The van der Waals surface area contributed by atoms with Crippen molar-refractivity contribution >= 4 is 21.9 Å². The molecule has 2 aromatic heterocycles. The van der Waals surface area contributed by atoms with Crippen LogP contribution in [0.5, 0.6) is 0 Å². The highest BCUT2D eigenvalue weighted by molar-refractivity contribution is 5.85. The molecule has 0 bridgehead atoms. The third kappa shape index (κ3) is 2.42. The maximum absolute atomic E-state index is 12.8. The third-order valence-corrected chi connectivity index (χ3v) is 3.69. The molecule has 0 saturated heterocycles. The molecule has 2 heterocycles. The lowest BCUT2D eigenvalue weighted by Crippen LogP contribution is -2.04. The van der Waals surface area contributed by atoms with E-state index >= 15 is 0 Å². The quantitative estimate of drug-likeness (QED) is 0.548. The van der Waals surface area contributed by atoms with E-state index < -0.39 is 11.7 Å². The topological polar surface area (TPSA) is 41.6 Å². The molecule has 3 nitrogen and oxygen atoms in total. The van der Waals surface area contributed by atoms with E-state index in [9.17, 15) is 13.2 Å². The summed E-state index contributed by atoms with van der Waals surface area (Å²) in [4.78, 5) is 11.6. The number of hydrogen-bond donors (Lipinski definition) is 1. The van der Waals surface area contributed by atoms with Gasteiger partial charge in [0.05, 0.1) is 22.1 Å². The molecule has 0 aliphatic carbocycles. The van der Waals surface area contributed by atoms with Gasteiger partial charge in [0.1, 0.15) is 5.82 Å². The Morgan fingerprint density at radius 1 is 0.913 bits per heavy atom. The van der Waals surface area contributed by atoms with E-state index in [1.54, 1.807) is 6.20 Å². The number of alkyl halides is 3. The molecule has 0 amide bonds. The van der Waals surface area contributed by atoms with Gasteiger partial charge in [-0.05, 0) is 30.3 Å². The standard InChI is InChI=1S/C17H10F3N3/c18-17(19,20)12-5-6-13-15(9-12)23-16(22-13)11-4-3-10-2-1-7-21-14(10)8-11/h1-9H,(H,22,23). The predicted octanol–water partition coefficient (Wildman–Crippen LogP) is 4.80. The van der Waals surface area contributed by atoms with E-state index in [4.69, 9.17) is 0 Å². The van der Waals surface area contributed by atoms with Crippen LogP contribution in [0.25, 0.3) is 33.3 Å². The molecule has 0 radical (unpaired) electrons. The number of fused-ring (bicyclic) bond motifs is 2. The summed E-state index contributed by atoms with van der Waals surface area (Å²) in [5, 5.41) is 0.992. The summed E-state index contributed by atoms with van der Waals surface area (Å²) in [5.74, 6) is 0.520. The summed E-state index contributed by atoms with van der Waals surface area (Å²) >= 11 is 0. The summed E-state index contributed by atoms with van der Waals surface area (Å²) in [6.07, 6.45) is -2.67. The van der Waals surface area contributed by atoms with Crippen LogP contribution >= 0.6 is 0 Å². The maximum atomic E-state index is 12.8. The minimum Gasteiger partial charge on any atom is -0.338 e. The molecule has 0 spiro atoms. The van der Waals surface area contributed by atoms with Gasteiger partial charge in [-0.2, -0.15) is 13.2 Å². The summed E-state index contributed by atoms with van der Waals surface area (Å²) in [6.45, 7) is 0. The second-order valence-electron chi connectivity index (χ2n) is 5.23. The largest absolute Gasteiger partial charge is 0.416 e. The van der Waals surface area contributed by atoms with Crippen molar-refractivity contribution in [2.24, 2.45) is 0 Å². The summed E-state index contributed by atoms with van der Waals surface area (Å²) in [5.41, 5.74) is 1.74. The molecule has 0 fully saturated rings. The van der Waals surface area contributed by atoms with Crippen molar-refractivity contribution in [3.63, 3.8) is 0 Å². The Hall–Kier alpha value is -2.89. The monoisotopic (exact) mass is 313 g/mol. The number of nitrogens with one attached hydrogen (secondary N) is 1. The number of nitrogens with zero attached hydrogens (tertiary/aromatic N) is 2. The zero-order chi connectivity index (χ0) is 16.0. The highest BCUT2D eigenvalue weighted by atomic mass is 19.4. The van der Waals surface area contributed by atoms with E-state index in [1.807, 2.05) is 30.3 Å². The Kier molecular flexibility index (Phi) is 2.87. The number of aromatic amines is 1. The molecule has 0 aliphatic rings. The van der Waals surface area contributed by atoms with Gasteiger partial charge in [0.2, 0.25) is 0 Å². The van der Waals surface area contributed by atoms with Crippen molar-refractivity contribution in [3.8, 4) is 11.4 Å². The fourth-order valence-corrected chi connectivity index (χ4v) is 2.54. The lowest BCUT2D eigenvalue weighted by atomic mass is 10.1. The van der Waals surface area contributed by atoms with Crippen LogP contribution in [0.4, 0.5) is 13.2 Å². The van der Waals surface area contributed by atoms with E-state index in [0.717, 1.165) is 28.6 Å². The van der Waals surface area contributed by atoms with Gasteiger partial charge in [0.15, 0.2) is 0 Å². The first-order valence-electron chi connectivity index (χ1n) is 6.93. The number of aromatic nitrogens is 3. The molecular weight excluding hydrogens is 303 g/mol. The highest BCUT2D eigenvalue weighted by Crippen LogP contribution is 2.32. The molecule has 1 N–H and O–H groups in total. The lowest BCUT2D eigenvalue weighted by Gasteiger charge is -2.05. The number of hydrogen-bond acceptors (Lipinski definition) is 2. The van der Waals surface area contributed by atoms with Crippen LogP contribution in [0, 0.1) is 0 Å². The van der Waals surface area contributed by atoms with Crippen molar-refractivity contribution in [3.05, 3.63) is 60.3 Å². The van der Waals surface area contributed by atoms with Gasteiger partial charge in [-0.1, -0.05) is 18.2 Å². The van der Waals surface area contributed by atoms with Crippen LogP contribution in [0.1, 0.15) is 5.56 Å². The SMILES string of the molecule is FC(F)(F)c1ccc2nc(-c3ccc4cccnc4c3)[nH]c2c1. The second kappa shape index (κ2) is 4.81. The molecule has 0 aliphatic heterocycles. The second-order valence-corrected chi connectivity index (χ2v) is 5.23. The molecule has 4 rings (SSSR count). The molecular formula is C17H10F3N3. The molecule has 0 unspecified atom stereocenters. The van der Waals surface area contributed by atoms with Gasteiger partial charge >= 0.3 is 6.18 Å². The number of halogens is 3. The summed E-state index contributed by atoms with van der Waals surface area (Å²) in [6, 6.07) is 12.9. The van der Waals surface area contributed by atoms with E-state index in [1.165, 1.54) is 6.07 Å². The van der Waals surface area contributed by atoms with Gasteiger partial charge in [-0.15, -0.1) is 0 Å². The number of imidazole rings is 1. The van der Waals surface area contributed by atoms with Gasteiger partial charge in [0.25, 0.3) is 0 Å². The average Bonchev–Trinajstić information content (AvgIpc) is 2.96. The van der Waals surface area contributed by atoms with Crippen LogP contribution in [0.3, 0.4) is 0 Å². The minimum absolute atomic E-state index is 0.357. The van der Waals surface area contributed by atoms with Crippen LogP contribution in [0.2, 0.25) is 0 Å². The van der Waals surface area contributed by atoms with Crippen molar-refractivity contribution < 1.29 is 13.2 Å². The van der Waals surface area contributed by atoms with Gasteiger partial charge in [0, 0.05) is 17.1 Å². The van der Waals surface area contributed by atoms with Crippen LogP contribution < -0.4 is 0 Å².